The van der Waals surface area contributed by atoms with E-state index >= 15 is 0 Å². The van der Waals surface area contributed by atoms with Crippen LogP contribution in [0.5, 0.6) is 0 Å². The average Bonchev–Trinajstić information content (AvgIpc) is 2.26. The monoisotopic (exact) mass is 259 g/mol. The lowest BCUT2D eigenvalue weighted by atomic mass is 10.0. The quantitative estimate of drug-likeness (QED) is 0.193. The van der Waals surface area contributed by atoms with Gasteiger partial charge in [-0.05, 0) is 19.3 Å². The van der Waals surface area contributed by atoms with Gasteiger partial charge in [0.1, 0.15) is 6.34 Å². The van der Waals surface area contributed by atoms with Gasteiger partial charge in [0.05, 0.1) is 6.04 Å². The highest BCUT2D eigenvalue weighted by atomic mass is 16.1. The van der Waals surface area contributed by atoms with Crippen molar-refractivity contribution in [3.8, 4) is 0 Å². The molecular formula is C11H25N5O2. The molecule has 5 N–H and O–H groups in total. The van der Waals surface area contributed by atoms with Crippen molar-refractivity contribution in [2.75, 3.05) is 6.54 Å². The smallest absolute Gasteiger partial charge is 0.207 e. The molecule has 18 heavy (non-hydrogen) atoms. The molecule has 1 unspecified atom stereocenters. The summed E-state index contributed by atoms with van der Waals surface area (Å²) in [7, 11) is 0. The molecule has 0 aliphatic heterocycles. The fourth-order valence-corrected chi connectivity index (χ4v) is 1.25. The van der Waals surface area contributed by atoms with Crippen LogP contribution in [0.2, 0.25) is 0 Å². The van der Waals surface area contributed by atoms with Crippen molar-refractivity contribution in [2.45, 2.75) is 40.2 Å². The fraction of sp³-hybridized carbons (Fsp3) is 0.727. The Balaban J connectivity index is 0. The number of nitrogens with two attached hydrogens (primary N) is 2. The molecule has 7 heteroatoms. The molecule has 0 aromatic carbocycles. The van der Waals surface area contributed by atoms with Gasteiger partial charge in [0.2, 0.25) is 6.41 Å². The molecule has 0 bridgehead atoms. The molecule has 0 heterocycles. The van der Waals surface area contributed by atoms with Gasteiger partial charge >= 0.3 is 0 Å². The molecular weight excluding hydrogens is 234 g/mol. The van der Waals surface area contributed by atoms with Gasteiger partial charge in [-0.15, -0.1) is 0 Å². The third-order valence-electron chi connectivity index (χ3n) is 2.05. The number of amides is 1. The van der Waals surface area contributed by atoms with Gasteiger partial charge in [-0.25, -0.2) is 5.84 Å². The summed E-state index contributed by atoms with van der Waals surface area (Å²) in [5.41, 5.74) is 0. The molecule has 7 nitrogen and oxygen atoms in total. The summed E-state index contributed by atoms with van der Waals surface area (Å²) in [5, 5.41) is 7.13. The van der Waals surface area contributed by atoms with E-state index in [0.717, 1.165) is 13.0 Å². The summed E-state index contributed by atoms with van der Waals surface area (Å²) >= 11 is 0. The highest BCUT2D eigenvalue weighted by Gasteiger charge is 2.16. The third-order valence-corrected chi connectivity index (χ3v) is 2.05. The standard InChI is InChI=1S/C7H13NO2.C4H12N4/c1-5(2)7(6(3)10)8-4-9;1-2-3-8(6)4-7-5/h4-5,7H,1-3H3,(H,8,9);4H,2-3,5-6H2,1H3/b;7-4-. The first-order chi connectivity index (χ1) is 8.40. The highest BCUT2D eigenvalue weighted by molar-refractivity contribution is 5.83. The summed E-state index contributed by atoms with van der Waals surface area (Å²) in [6.07, 6.45) is 2.96. The van der Waals surface area contributed by atoms with E-state index in [0.29, 0.717) is 6.41 Å². The van der Waals surface area contributed by atoms with E-state index < -0.39 is 0 Å². The molecule has 0 saturated heterocycles. The largest absolute Gasteiger partial charge is 0.349 e. The molecule has 106 valence electrons. The van der Waals surface area contributed by atoms with Gasteiger partial charge in [-0.2, -0.15) is 5.10 Å². The van der Waals surface area contributed by atoms with Crippen LogP contribution in [-0.4, -0.2) is 36.1 Å². The lowest BCUT2D eigenvalue weighted by molar-refractivity contribution is -0.122. The summed E-state index contributed by atoms with van der Waals surface area (Å²) in [5.74, 6) is 10.3. The van der Waals surface area contributed by atoms with Crippen LogP contribution in [0, 0.1) is 5.92 Å². The van der Waals surface area contributed by atoms with Crippen LogP contribution in [0.1, 0.15) is 34.1 Å². The molecule has 0 aliphatic rings. The van der Waals surface area contributed by atoms with Crippen molar-refractivity contribution < 1.29 is 9.59 Å². The maximum atomic E-state index is 10.8. The van der Waals surface area contributed by atoms with E-state index in [-0.39, 0.29) is 17.7 Å². The molecule has 1 amide bonds. The van der Waals surface area contributed by atoms with Crippen molar-refractivity contribution in [3.63, 3.8) is 0 Å². The van der Waals surface area contributed by atoms with Crippen molar-refractivity contribution in [2.24, 2.45) is 22.7 Å². The Bertz CT molecular complexity index is 256. The van der Waals surface area contributed by atoms with Crippen molar-refractivity contribution in [1.82, 2.24) is 10.3 Å². The second-order valence-corrected chi connectivity index (χ2v) is 4.12. The number of hydrogen-bond donors (Lipinski definition) is 3. The number of ketones is 1. The van der Waals surface area contributed by atoms with Crippen LogP contribution in [0.25, 0.3) is 0 Å². The Kier molecular flexibility index (Phi) is 12.3. The van der Waals surface area contributed by atoms with E-state index in [1.54, 1.807) is 0 Å². The van der Waals surface area contributed by atoms with E-state index in [9.17, 15) is 9.59 Å². The maximum Gasteiger partial charge on any atom is 0.207 e. The van der Waals surface area contributed by atoms with Gasteiger partial charge in [0.25, 0.3) is 0 Å². The van der Waals surface area contributed by atoms with E-state index in [2.05, 4.69) is 10.4 Å². The zero-order chi connectivity index (χ0) is 14.6. The molecule has 0 rings (SSSR count). The van der Waals surface area contributed by atoms with Crippen LogP contribution in [0.4, 0.5) is 0 Å². The number of Topliss-reactive ketones (excluding diaryl/α,β-unsaturated/α-hetero) is 1. The highest BCUT2D eigenvalue weighted by Crippen LogP contribution is 2.00. The Morgan fingerprint density at radius 1 is 1.50 bits per heavy atom. The van der Waals surface area contributed by atoms with Crippen molar-refractivity contribution in [1.29, 1.82) is 0 Å². The van der Waals surface area contributed by atoms with Gasteiger partial charge in [0.15, 0.2) is 5.78 Å². The summed E-state index contributed by atoms with van der Waals surface area (Å²) in [6.45, 7) is 8.08. The van der Waals surface area contributed by atoms with Crippen molar-refractivity contribution >= 4 is 18.5 Å². The van der Waals surface area contributed by atoms with Crippen molar-refractivity contribution in [3.05, 3.63) is 0 Å². The van der Waals surface area contributed by atoms with Crippen LogP contribution in [0.3, 0.4) is 0 Å². The third kappa shape index (κ3) is 10.9. The second kappa shape index (κ2) is 11.8. The molecule has 0 aromatic heterocycles. The number of hydrazine groups is 1. The number of hydrazone groups is 1. The molecule has 0 aliphatic carbocycles. The van der Waals surface area contributed by atoms with Crippen LogP contribution >= 0.6 is 0 Å². The Labute approximate surface area is 109 Å². The van der Waals surface area contributed by atoms with Gasteiger partial charge in [0, 0.05) is 6.54 Å². The lowest BCUT2D eigenvalue weighted by Crippen LogP contribution is -2.38. The van der Waals surface area contributed by atoms with Gasteiger partial charge < -0.3 is 11.2 Å². The fourth-order valence-electron chi connectivity index (χ4n) is 1.25. The molecule has 0 spiro atoms. The zero-order valence-electron chi connectivity index (χ0n) is 11.6. The average molecular weight is 259 g/mol. The summed E-state index contributed by atoms with van der Waals surface area (Å²) < 4.78 is 0. The SMILES string of the molecule is CC(=O)C(NC=O)C(C)C.CCCN(N)/C=N\N. The minimum atomic E-state index is -0.322. The second-order valence-electron chi connectivity index (χ2n) is 4.12. The molecule has 1 atom stereocenters. The van der Waals surface area contributed by atoms with Gasteiger partial charge in [-0.3, -0.25) is 14.6 Å². The number of carbonyl (C=O) groups excluding carboxylic acids is 2. The minimum Gasteiger partial charge on any atom is -0.349 e. The van der Waals surface area contributed by atoms with E-state index in [1.807, 2.05) is 20.8 Å². The maximum absolute atomic E-state index is 10.8. The summed E-state index contributed by atoms with van der Waals surface area (Å²) in [6, 6.07) is -0.322. The Hall–Kier alpha value is -1.63. The van der Waals surface area contributed by atoms with Gasteiger partial charge in [-0.1, -0.05) is 20.8 Å². The van der Waals surface area contributed by atoms with Crippen LogP contribution in [-0.2, 0) is 9.59 Å². The Morgan fingerprint density at radius 3 is 2.28 bits per heavy atom. The predicted octanol–water partition coefficient (Wildman–Crippen LogP) is -0.180. The Morgan fingerprint density at radius 2 is 2.06 bits per heavy atom. The topological polar surface area (TPSA) is 114 Å². The number of rotatable bonds is 7. The zero-order valence-corrected chi connectivity index (χ0v) is 11.6. The normalized spacial score (nSPS) is 11.7. The predicted molar refractivity (Wildman–Crippen MR) is 72.4 cm³/mol. The number of hydrogen-bond acceptors (Lipinski definition) is 5. The number of nitrogens with zero attached hydrogens (tertiary/aromatic N) is 2. The number of nitrogens with one attached hydrogen (secondary N) is 1. The molecule has 0 aromatic rings. The van der Waals surface area contributed by atoms with E-state index in [4.69, 9.17) is 11.7 Å². The first-order valence-electron chi connectivity index (χ1n) is 5.85. The molecule has 0 fully saturated rings. The van der Waals surface area contributed by atoms with Crippen LogP contribution < -0.4 is 17.0 Å². The number of carbonyl (C=O) groups is 2. The first-order valence-corrected chi connectivity index (χ1v) is 5.85. The summed E-state index contributed by atoms with van der Waals surface area (Å²) in [4.78, 5) is 20.7. The van der Waals surface area contributed by atoms with Crippen LogP contribution in [0.15, 0.2) is 5.10 Å². The minimum absolute atomic E-state index is 0.00194. The van der Waals surface area contributed by atoms with E-state index in [1.165, 1.54) is 18.3 Å². The molecule has 0 saturated carbocycles. The molecule has 0 radical (unpaired) electrons. The lowest BCUT2D eigenvalue weighted by Gasteiger charge is -2.15. The first kappa shape index (κ1) is 18.7.